The first-order chi connectivity index (χ1) is 33.2. The highest BCUT2D eigenvalue weighted by molar-refractivity contribution is 5.94. The minimum Gasteiger partial charge on any atom is -0.496 e. The Labute approximate surface area is 401 Å². The van der Waals surface area contributed by atoms with E-state index in [1.54, 1.807) is 13.2 Å². The lowest BCUT2D eigenvalue weighted by Gasteiger charge is -2.64. The van der Waals surface area contributed by atoms with Crippen LogP contribution in [0, 0.1) is 21.4 Å². The molecule has 3 N–H and O–H groups in total. The van der Waals surface area contributed by atoms with Crippen LogP contribution in [0.1, 0.15) is 74.4 Å². The molecule has 2 bridgehead atoms. The third kappa shape index (κ3) is 6.90. The maximum Gasteiger partial charge on any atom is 0.407 e. The second-order valence-corrected chi connectivity index (χ2v) is 20.0. The summed E-state index contributed by atoms with van der Waals surface area (Å²) in [6.45, 7) is 8.53. The molecular weight excluding hydrogens is 881 g/mol. The molecule has 9 atom stereocenters. The Morgan fingerprint density at radius 2 is 1.81 bits per heavy atom. The van der Waals surface area contributed by atoms with Crippen molar-refractivity contribution in [1.29, 1.82) is 0 Å². The Bertz CT molecular complexity index is 2810. The average molecular weight is 943 g/mol. The molecule has 0 radical (unpaired) electrons. The zero-order valence-electron chi connectivity index (χ0n) is 40.2. The van der Waals surface area contributed by atoms with E-state index >= 15 is 4.79 Å². The number of nitro benzene ring substituents is 1. The van der Waals surface area contributed by atoms with Gasteiger partial charge in [-0.05, 0) is 73.9 Å². The van der Waals surface area contributed by atoms with Crippen molar-refractivity contribution in [1.82, 2.24) is 20.1 Å². The van der Waals surface area contributed by atoms with Gasteiger partial charge in [-0.3, -0.25) is 29.5 Å². The first-order valence-corrected chi connectivity index (χ1v) is 24.2. The smallest absolute Gasteiger partial charge is 0.407 e. The number of amides is 1. The van der Waals surface area contributed by atoms with Gasteiger partial charge in [-0.1, -0.05) is 68.0 Å². The zero-order chi connectivity index (χ0) is 48.6. The number of anilines is 1. The number of hydrogen-bond acceptors (Lipinski definition) is 13. The number of ether oxygens (including phenoxy) is 4. The Kier molecular flexibility index (Phi) is 11.7. The number of likely N-dealkylation sites (N-methyl/N-ethyl adjacent to an activating group) is 1. The van der Waals surface area contributed by atoms with Gasteiger partial charge >= 0.3 is 18.0 Å². The van der Waals surface area contributed by atoms with Crippen LogP contribution in [0.3, 0.4) is 0 Å². The van der Waals surface area contributed by atoms with Crippen LogP contribution in [-0.4, -0.2) is 127 Å². The van der Waals surface area contributed by atoms with Crippen molar-refractivity contribution >= 4 is 40.3 Å². The first-order valence-electron chi connectivity index (χ1n) is 24.2. The van der Waals surface area contributed by atoms with Crippen LogP contribution in [0.4, 0.5) is 16.2 Å². The molecule has 1 aliphatic carbocycles. The summed E-state index contributed by atoms with van der Waals surface area (Å²) in [5, 5.41) is 29.6. The number of alkyl carbamates (subject to hydrolysis) is 1. The van der Waals surface area contributed by atoms with E-state index in [0.29, 0.717) is 50.1 Å². The molecule has 2 fully saturated rings. The summed E-state index contributed by atoms with van der Waals surface area (Å²) < 4.78 is 24.4. The van der Waals surface area contributed by atoms with Crippen LogP contribution in [0.25, 0.3) is 10.9 Å². The molecule has 3 aromatic carbocycles. The van der Waals surface area contributed by atoms with Gasteiger partial charge in [0, 0.05) is 97.0 Å². The van der Waals surface area contributed by atoms with Gasteiger partial charge in [0.1, 0.15) is 29.5 Å². The van der Waals surface area contributed by atoms with Crippen molar-refractivity contribution in [3.63, 3.8) is 0 Å². The highest BCUT2D eigenvalue weighted by atomic mass is 16.6. The molecule has 5 aliphatic heterocycles. The summed E-state index contributed by atoms with van der Waals surface area (Å²) in [6.07, 6.45) is 7.54. The number of hydrogen-bond donors (Lipinski definition) is 3. The zero-order valence-corrected chi connectivity index (χ0v) is 40.2. The number of nitrogens with one attached hydrogen (secondary N) is 2. The molecule has 364 valence electrons. The van der Waals surface area contributed by atoms with Crippen LogP contribution in [0.2, 0.25) is 0 Å². The number of nitro groups is 1. The standard InChI is InChI=1S/C53H62N6O10/c1-7-33-24-34-27-52(48(61)67-6,44-37(18-22-57(28-33)29-34)36-15-10-11-16-40(36)55-44)39-25-38-42(26-43(39)66-5)56(4)46-51(38)20-23-58-21-13-19-50(8-2,45(51)58)47(69-32(3)60)53(46,63)31-54-49(62)68-30-35-14-9-12-17-41(35)59(64)65/h9-17,19,24-26,34,45-47,55,63H,7-8,18,20-23,27-31H2,1-6H3,(H,54,62)/t34-,45-,46+,47+,50+,51+,52-,53?/m0/s1. The lowest BCUT2D eigenvalue weighted by molar-refractivity contribution is -0.385. The van der Waals surface area contributed by atoms with Gasteiger partial charge in [-0.25, -0.2) is 4.79 Å². The Morgan fingerprint density at radius 3 is 2.55 bits per heavy atom. The van der Waals surface area contributed by atoms with Gasteiger partial charge < -0.3 is 39.3 Å². The average Bonchev–Trinajstić information content (AvgIpc) is 4.02. The van der Waals surface area contributed by atoms with Gasteiger partial charge in [0.15, 0.2) is 0 Å². The van der Waals surface area contributed by atoms with Crippen molar-refractivity contribution in [2.24, 2.45) is 11.3 Å². The number of benzene rings is 3. The normalized spacial score (nSPS) is 30.9. The second kappa shape index (κ2) is 17.3. The fourth-order valence-corrected chi connectivity index (χ4v) is 14.2. The van der Waals surface area contributed by atoms with Gasteiger partial charge in [-0.2, -0.15) is 0 Å². The van der Waals surface area contributed by atoms with E-state index in [-0.39, 0.29) is 29.8 Å². The molecule has 1 aromatic heterocycles. The summed E-state index contributed by atoms with van der Waals surface area (Å²) in [5.74, 6) is -0.527. The van der Waals surface area contributed by atoms with Crippen LogP contribution in [0.5, 0.6) is 5.75 Å². The van der Waals surface area contributed by atoms with Crippen LogP contribution in [-0.2, 0) is 47.7 Å². The molecule has 1 saturated heterocycles. The fraction of sp³-hybridized carbons (Fsp3) is 0.491. The van der Waals surface area contributed by atoms with Crippen molar-refractivity contribution < 1.29 is 43.4 Å². The minimum atomic E-state index is -1.97. The number of para-hydroxylation sites is 2. The maximum absolute atomic E-state index is 15.5. The summed E-state index contributed by atoms with van der Waals surface area (Å²) in [5.41, 5.74) is 1.29. The largest absolute Gasteiger partial charge is 0.496 e. The monoisotopic (exact) mass is 942 g/mol. The Hall–Kier alpha value is -6.23. The molecule has 1 spiro atoms. The van der Waals surface area contributed by atoms with Crippen molar-refractivity contribution in [2.45, 2.75) is 94.1 Å². The lowest BCUT2D eigenvalue weighted by Crippen LogP contribution is -2.81. The number of esters is 2. The number of carbonyl (C=O) groups is 3. The third-order valence-corrected chi connectivity index (χ3v) is 16.7. The van der Waals surface area contributed by atoms with E-state index in [4.69, 9.17) is 18.9 Å². The van der Waals surface area contributed by atoms with E-state index in [9.17, 15) is 24.8 Å². The minimum absolute atomic E-state index is 0.0157. The van der Waals surface area contributed by atoms with Crippen molar-refractivity contribution in [3.8, 4) is 5.75 Å². The predicted molar refractivity (Wildman–Crippen MR) is 258 cm³/mol. The van der Waals surface area contributed by atoms with E-state index in [2.05, 4.69) is 63.5 Å². The number of H-pyrrole nitrogens is 1. The summed E-state index contributed by atoms with van der Waals surface area (Å²) in [4.78, 5) is 64.6. The molecular formula is C53H62N6O10. The SMILES string of the molecule is CCC1=C[C@@H]2CN(CCc3c([nH]c4ccccc34)[C@@](C(=O)OC)(c3cc4c(cc3OC)N(C)[C@H]3C(O)(CNC(=O)OCc5ccccc5[N+](=O)[O-])[C@H](OC(C)=O)[C@]5(CC)C=CCN6CC[C@]43[C@@H]65)C2)C1. The molecule has 1 amide bonds. The summed E-state index contributed by atoms with van der Waals surface area (Å²) >= 11 is 0. The van der Waals surface area contributed by atoms with Gasteiger partial charge in [0.05, 0.1) is 37.3 Å². The highest BCUT2D eigenvalue weighted by Gasteiger charge is 2.78. The second-order valence-electron chi connectivity index (χ2n) is 20.0. The number of fused-ring (bicyclic) bond motifs is 6. The topological polar surface area (TPSA) is 189 Å². The van der Waals surface area contributed by atoms with Crippen LogP contribution in [0.15, 0.2) is 84.5 Å². The number of carbonyl (C=O) groups excluding carboxylic acids is 3. The lowest BCUT2D eigenvalue weighted by atomic mass is 9.47. The molecule has 4 aromatic rings. The van der Waals surface area contributed by atoms with Crippen LogP contribution < -0.4 is 15.0 Å². The number of nitrogens with zero attached hydrogens (tertiary/aromatic N) is 4. The van der Waals surface area contributed by atoms with Crippen LogP contribution >= 0.6 is 0 Å². The fourth-order valence-electron chi connectivity index (χ4n) is 14.2. The number of rotatable bonds is 11. The molecule has 1 saturated carbocycles. The molecule has 6 heterocycles. The number of methoxy groups -OCH3 is 2. The predicted octanol–water partition coefficient (Wildman–Crippen LogP) is 6.46. The summed E-state index contributed by atoms with van der Waals surface area (Å²) in [7, 11) is 4.99. The molecule has 2 unspecified atom stereocenters. The van der Waals surface area contributed by atoms with Gasteiger partial charge in [-0.15, -0.1) is 0 Å². The van der Waals surface area contributed by atoms with Crippen molar-refractivity contribution in [3.05, 3.63) is 123 Å². The first kappa shape index (κ1) is 46.5. The van der Waals surface area contributed by atoms with E-state index < -0.39 is 63.5 Å². The molecule has 10 rings (SSSR count). The maximum atomic E-state index is 15.5. The van der Waals surface area contributed by atoms with E-state index in [1.165, 1.54) is 37.8 Å². The quantitative estimate of drug-likeness (QED) is 0.0489. The molecule has 69 heavy (non-hydrogen) atoms. The van der Waals surface area contributed by atoms with E-state index in [1.807, 2.05) is 37.1 Å². The van der Waals surface area contributed by atoms with Gasteiger partial charge in [0.2, 0.25) is 0 Å². The Morgan fingerprint density at radius 1 is 1.03 bits per heavy atom. The molecule has 16 heteroatoms. The molecule has 6 aliphatic rings. The number of aromatic nitrogens is 1. The highest BCUT2D eigenvalue weighted by Crippen LogP contribution is 2.68. The van der Waals surface area contributed by atoms with Gasteiger partial charge in [0.25, 0.3) is 5.69 Å². The van der Waals surface area contributed by atoms with E-state index in [0.717, 1.165) is 59.5 Å². The Balaban J connectivity index is 1.17. The number of aromatic amines is 1. The van der Waals surface area contributed by atoms with Crippen molar-refractivity contribution in [2.75, 3.05) is 65.4 Å². The molecule has 16 nitrogen and oxygen atoms in total. The third-order valence-electron chi connectivity index (χ3n) is 16.7. The number of aliphatic hydroxyl groups is 1. The summed E-state index contributed by atoms with van der Waals surface area (Å²) in [6, 6.07) is 17.3.